The van der Waals surface area contributed by atoms with Crippen molar-refractivity contribution < 1.29 is 5.11 Å². The van der Waals surface area contributed by atoms with Gasteiger partial charge in [-0.25, -0.2) is 0 Å². The number of aliphatic hydroxyl groups excluding tert-OH is 1. The first-order valence-corrected chi connectivity index (χ1v) is 7.29. The van der Waals surface area contributed by atoms with Gasteiger partial charge in [-0.2, -0.15) is 0 Å². The number of halogens is 1. The van der Waals surface area contributed by atoms with Gasteiger partial charge >= 0.3 is 0 Å². The average Bonchev–Trinajstić information content (AvgIpc) is 2.49. The summed E-state index contributed by atoms with van der Waals surface area (Å²) in [5.41, 5.74) is 2.24. The highest BCUT2D eigenvalue weighted by molar-refractivity contribution is 6.30. The van der Waals surface area contributed by atoms with Crippen LogP contribution >= 0.6 is 11.6 Å². The molecule has 0 radical (unpaired) electrons. The minimum atomic E-state index is -0.0693. The molecule has 0 saturated carbocycles. The van der Waals surface area contributed by atoms with Crippen LogP contribution in [0.25, 0.3) is 0 Å². The summed E-state index contributed by atoms with van der Waals surface area (Å²) >= 11 is 6.06. The molecule has 2 rings (SSSR count). The van der Waals surface area contributed by atoms with Gasteiger partial charge in [0.1, 0.15) is 0 Å². The molecular weight excluding hydrogens is 270 g/mol. The second-order valence-electron chi connectivity index (χ2n) is 4.83. The van der Waals surface area contributed by atoms with E-state index >= 15 is 0 Å². The molecule has 0 bridgehead atoms. The van der Waals surface area contributed by atoms with E-state index in [2.05, 4.69) is 18.3 Å². The van der Waals surface area contributed by atoms with Crippen LogP contribution in [0.4, 0.5) is 0 Å². The molecular formula is C17H20ClNO. The maximum absolute atomic E-state index is 9.64. The molecule has 2 nitrogen and oxygen atoms in total. The smallest absolute Gasteiger partial charge is 0.0626 e. The molecule has 0 saturated heterocycles. The average molecular weight is 290 g/mol. The number of hydrogen-bond donors (Lipinski definition) is 2. The van der Waals surface area contributed by atoms with E-state index in [0.717, 1.165) is 22.6 Å². The maximum Gasteiger partial charge on any atom is 0.0626 e. The minimum Gasteiger partial charge on any atom is -0.394 e. The fourth-order valence-corrected chi connectivity index (χ4v) is 2.55. The van der Waals surface area contributed by atoms with E-state index in [0.29, 0.717) is 0 Å². The van der Waals surface area contributed by atoms with E-state index < -0.39 is 0 Å². The zero-order valence-electron chi connectivity index (χ0n) is 11.6. The van der Waals surface area contributed by atoms with Gasteiger partial charge in [0.05, 0.1) is 12.6 Å². The number of rotatable bonds is 6. The van der Waals surface area contributed by atoms with Crippen molar-refractivity contribution in [2.75, 3.05) is 6.61 Å². The van der Waals surface area contributed by atoms with E-state index in [1.165, 1.54) is 0 Å². The van der Waals surface area contributed by atoms with Crippen molar-refractivity contribution in [2.45, 2.75) is 25.4 Å². The molecule has 0 aromatic heterocycles. The van der Waals surface area contributed by atoms with Crippen molar-refractivity contribution in [3.05, 3.63) is 70.7 Å². The van der Waals surface area contributed by atoms with Gasteiger partial charge in [-0.1, -0.05) is 61.0 Å². The van der Waals surface area contributed by atoms with Crippen molar-refractivity contribution in [1.29, 1.82) is 0 Å². The number of aliphatic hydroxyl groups is 1. The Morgan fingerprint density at radius 3 is 2.30 bits per heavy atom. The van der Waals surface area contributed by atoms with Gasteiger partial charge in [-0.3, -0.25) is 0 Å². The lowest BCUT2D eigenvalue weighted by Crippen LogP contribution is -2.28. The van der Waals surface area contributed by atoms with Crippen LogP contribution in [0.3, 0.4) is 0 Å². The summed E-state index contributed by atoms with van der Waals surface area (Å²) in [5.74, 6) is 0. The number of nitrogens with one attached hydrogen (secondary N) is 1. The molecule has 3 heteroatoms. The van der Waals surface area contributed by atoms with Crippen LogP contribution in [-0.4, -0.2) is 11.7 Å². The van der Waals surface area contributed by atoms with Crippen LogP contribution in [0.1, 0.15) is 36.6 Å². The molecule has 2 unspecified atom stereocenters. The third-order valence-corrected chi connectivity index (χ3v) is 3.68. The van der Waals surface area contributed by atoms with Crippen LogP contribution in [0, 0.1) is 0 Å². The highest BCUT2D eigenvalue weighted by Gasteiger charge is 2.16. The van der Waals surface area contributed by atoms with Gasteiger partial charge in [0.15, 0.2) is 0 Å². The van der Waals surface area contributed by atoms with Crippen molar-refractivity contribution in [2.24, 2.45) is 0 Å². The molecule has 0 heterocycles. The van der Waals surface area contributed by atoms with Crippen molar-refractivity contribution in [3.8, 4) is 0 Å². The Bertz CT molecular complexity index is 530. The van der Waals surface area contributed by atoms with Crippen molar-refractivity contribution >= 4 is 11.6 Å². The Kier molecular flexibility index (Phi) is 5.60. The SMILES string of the molecule is CCC(NC(CO)c1ccccc1)c1cccc(Cl)c1. The molecule has 106 valence electrons. The maximum atomic E-state index is 9.64. The van der Waals surface area contributed by atoms with Crippen molar-refractivity contribution in [1.82, 2.24) is 5.32 Å². The predicted molar refractivity (Wildman–Crippen MR) is 83.9 cm³/mol. The van der Waals surface area contributed by atoms with E-state index in [-0.39, 0.29) is 18.7 Å². The van der Waals surface area contributed by atoms with Crippen LogP contribution in [0.15, 0.2) is 54.6 Å². The molecule has 0 amide bonds. The molecule has 0 fully saturated rings. The fraction of sp³-hybridized carbons (Fsp3) is 0.294. The molecule has 20 heavy (non-hydrogen) atoms. The summed E-state index contributed by atoms with van der Waals surface area (Å²) in [7, 11) is 0. The Balaban J connectivity index is 2.16. The summed E-state index contributed by atoms with van der Waals surface area (Å²) < 4.78 is 0. The van der Waals surface area contributed by atoms with Crippen LogP contribution in [0.2, 0.25) is 5.02 Å². The Morgan fingerprint density at radius 2 is 1.70 bits per heavy atom. The zero-order valence-corrected chi connectivity index (χ0v) is 12.3. The first-order chi connectivity index (χ1) is 9.74. The largest absolute Gasteiger partial charge is 0.394 e. The summed E-state index contributed by atoms with van der Waals surface area (Å²) in [4.78, 5) is 0. The van der Waals surface area contributed by atoms with Crippen LogP contribution < -0.4 is 5.32 Å². The summed E-state index contributed by atoms with van der Waals surface area (Å²) in [6, 6.07) is 18.0. The number of benzene rings is 2. The van der Waals surface area contributed by atoms with Crippen molar-refractivity contribution in [3.63, 3.8) is 0 Å². The van der Waals surface area contributed by atoms with Gasteiger partial charge in [-0.05, 0) is 29.7 Å². The summed E-state index contributed by atoms with van der Waals surface area (Å²) in [6.07, 6.45) is 0.934. The molecule has 2 aromatic rings. The molecule has 0 aliphatic heterocycles. The predicted octanol–water partition coefficient (Wildman–Crippen LogP) is 4.11. The summed E-state index contributed by atoms with van der Waals surface area (Å²) in [6.45, 7) is 2.19. The van der Waals surface area contributed by atoms with Gasteiger partial charge in [0, 0.05) is 11.1 Å². The highest BCUT2D eigenvalue weighted by Crippen LogP contribution is 2.24. The molecule has 2 atom stereocenters. The van der Waals surface area contributed by atoms with E-state index in [1.54, 1.807) is 0 Å². The molecule has 0 spiro atoms. The van der Waals surface area contributed by atoms with Gasteiger partial charge in [-0.15, -0.1) is 0 Å². The topological polar surface area (TPSA) is 32.3 Å². The lowest BCUT2D eigenvalue weighted by molar-refractivity contribution is 0.232. The standard InChI is InChI=1S/C17H20ClNO/c1-2-16(14-9-6-10-15(18)11-14)19-17(12-20)13-7-4-3-5-8-13/h3-11,16-17,19-20H,2,12H2,1H3. The Hall–Kier alpha value is -1.35. The molecule has 0 aliphatic carbocycles. The Morgan fingerprint density at radius 1 is 1.00 bits per heavy atom. The second-order valence-corrected chi connectivity index (χ2v) is 5.26. The first kappa shape index (κ1) is 15.0. The highest BCUT2D eigenvalue weighted by atomic mass is 35.5. The molecule has 2 aromatic carbocycles. The minimum absolute atomic E-state index is 0.0693. The van der Waals surface area contributed by atoms with E-state index in [9.17, 15) is 5.11 Å². The first-order valence-electron chi connectivity index (χ1n) is 6.92. The van der Waals surface area contributed by atoms with E-state index in [1.807, 2.05) is 48.5 Å². The van der Waals surface area contributed by atoms with Gasteiger partial charge < -0.3 is 10.4 Å². The van der Waals surface area contributed by atoms with Gasteiger partial charge in [0.25, 0.3) is 0 Å². The monoisotopic (exact) mass is 289 g/mol. The number of hydrogen-bond acceptors (Lipinski definition) is 2. The third-order valence-electron chi connectivity index (χ3n) is 3.45. The normalized spacial score (nSPS) is 13.9. The van der Waals surface area contributed by atoms with Crippen LogP contribution in [-0.2, 0) is 0 Å². The fourth-order valence-electron chi connectivity index (χ4n) is 2.36. The van der Waals surface area contributed by atoms with Crippen LogP contribution in [0.5, 0.6) is 0 Å². The lowest BCUT2D eigenvalue weighted by Gasteiger charge is -2.24. The molecule has 2 N–H and O–H groups in total. The summed E-state index contributed by atoms with van der Waals surface area (Å²) in [5, 5.41) is 13.9. The third kappa shape index (κ3) is 3.83. The van der Waals surface area contributed by atoms with E-state index in [4.69, 9.17) is 11.6 Å². The second kappa shape index (κ2) is 7.44. The zero-order chi connectivity index (χ0) is 14.4. The quantitative estimate of drug-likeness (QED) is 0.838. The Labute approximate surface area is 125 Å². The lowest BCUT2D eigenvalue weighted by atomic mass is 10.0. The molecule has 0 aliphatic rings. The van der Waals surface area contributed by atoms with Gasteiger partial charge in [0.2, 0.25) is 0 Å².